The van der Waals surface area contributed by atoms with Crippen LogP contribution >= 0.6 is 23.1 Å². The van der Waals surface area contributed by atoms with E-state index >= 15 is 0 Å². The molecule has 0 atom stereocenters. The zero-order chi connectivity index (χ0) is 18.8. The summed E-state index contributed by atoms with van der Waals surface area (Å²) >= 11 is 2.61. The van der Waals surface area contributed by atoms with Crippen molar-refractivity contribution in [2.24, 2.45) is 0 Å². The predicted octanol–water partition coefficient (Wildman–Crippen LogP) is 2.98. The number of carbonyl (C=O) groups excluding carboxylic acids is 1. The van der Waals surface area contributed by atoms with Gasteiger partial charge in [-0.15, -0.1) is 21.5 Å². The van der Waals surface area contributed by atoms with Crippen LogP contribution in [0.15, 0.2) is 32.5 Å². The molecule has 0 fully saturated rings. The molecule has 3 aromatic heterocycles. The molecule has 0 aliphatic carbocycles. The lowest BCUT2D eigenvalue weighted by atomic mass is 10.0. The minimum atomic E-state index is -0.221. The zero-order valence-corrected chi connectivity index (χ0v) is 16.0. The first kappa shape index (κ1) is 17.8. The summed E-state index contributed by atoms with van der Waals surface area (Å²) in [5, 5.41) is 21.0. The Morgan fingerprint density at radius 2 is 2.41 bits per heavy atom. The van der Waals surface area contributed by atoms with Crippen molar-refractivity contribution in [2.45, 2.75) is 18.2 Å². The van der Waals surface area contributed by atoms with Crippen molar-refractivity contribution >= 4 is 34.0 Å². The largest absolute Gasteiger partial charge is 0.459 e. The van der Waals surface area contributed by atoms with Crippen LogP contribution < -0.4 is 5.32 Å². The summed E-state index contributed by atoms with van der Waals surface area (Å²) in [4.78, 5) is 15.7. The molecule has 0 saturated carbocycles. The van der Waals surface area contributed by atoms with Crippen molar-refractivity contribution in [3.05, 3.63) is 34.4 Å². The van der Waals surface area contributed by atoms with E-state index in [0.717, 1.165) is 41.7 Å². The van der Waals surface area contributed by atoms with Gasteiger partial charge in [-0.3, -0.25) is 4.79 Å². The van der Waals surface area contributed by atoms with Gasteiger partial charge in [0.2, 0.25) is 5.91 Å². The smallest absolute Gasteiger partial charge is 0.284 e. The van der Waals surface area contributed by atoms with Crippen LogP contribution in [0.4, 0.5) is 5.00 Å². The van der Waals surface area contributed by atoms with E-state index in [2.05, 4.69) is 26.5 Å². The molecule has 0 aromatic carbocycles. The van der Waals surface area contributed by atoms with Gasteiger partial charge in [0.1, 0.15) is 11.1 Å². The van der Waals surface area contributed by atoms with Gasteiger partial charge >= 0.3 is 0 Å². The van der Waals surface area contributed by atoms with Crippen molar-refractivity contribution in [2.75, 3.05) is 24.7 Å². The van der Waals surface area contributed by atoms with E-state index < -0.39 is 0 Å². The number of nitrogens with zero attached hydrogens (tertiary/aromatic N) is 4. The summed E-state index contributed by atoms with van der Waals surface area (Å²) in [6.45, 7) is 1.72. The van der Waals surface area contributed by atoms with Gasteiger partial charge in [-0.25, -0.2) is 0 Å². The van der Waals surface area contributed by atoms with Crippen LogP contribution in [0.2, 0.25) is 0 Å². The third-order valence-electron chi connectivity index (χ3n) is 4.08. The van der Waals surface area contributed by atoms with Crippen LogP contribution in [-0.2, 0) is 17.8 Å². The van der Waals surface area contributed by atoms with Crippen LogP contribution in [0.5, 0.6) is 0 Å². The first-order valence-corrected chi connectivity index (χ1v) is 9.97. The van der Waals surface area contributed by atoms with Crippen molar-refractivity contribution in [1.82, 2.24) is 15.1 Å². The normalized spacial score (nSPS) is 13.9. The van der Waals surface area contributed by atoms with Gasteiger partial charge in [-0.1, -0.05) is 11.8 Å². The Morgan fingerprint density at radius 3 is 3.19 bits per heavy atom. The lowest BCUT2D eigenvalue weighted by molar-refractivity contribution is -0.113. The molecular formula is C17H15N5O3S2. The predicted molar refractivity (Wildman–Crippen MR) is 100 cm³/mol. The summed E-state index contributed by atoms with van der Waals surface area (Å²) in [5.74, 6) is 0.630. The Kier molecular flexibility index (Phi) is 4.98. The van der Waals surface area contributed by atoms with E-state index in [1.54, 1.807) is 12.1 Å². The van der Waals surface area contributed by atoms with Gasteiger partial charge in [0.05, 0.1) is 17.6 Å². The fourth-order valence-corrected chi connectivity index (χ4v) is 4.65. The molecule has 0 saturated heterocycles. The number of amides is 1. The Labute approximate surface area is 163 Å². The average Bonchev–Trinajstić information content (AvgIpc) is 3.38. The molecule has 3 aromatic rings. The zero-order valence-electron chi connectivity index (χ0n) is 14.4. The number of thiophene rings is 1. The van der Waals surface area contributed by atoms with E-state index in [4.69, 9.17) is 8.83 Å². The maximum Gasteiger partial charge on any atom is 0.284 e. The highest BCUT2D eigenvalue weighted by Crippen LogP contribution is 2.36. The molecule has 1 N–H and O–H groups in total. The number of aromatic nitrogens is 2. The highest BCUT2D eigenvalue weighted by atomic mass is 32.2. The Morgan fingerprint density at radius 1 is 1.52 bits per heavy atom. The van der Waals surface area contributed by atoms with E-state index in [1.165, 1.54) is 17.6 Å². The van der Waals surface area contributed by atoms with Gasteiger partial charge in [0, 0.05) is 18.0 Å². The van der Waals surface area contributed by atoms with Gasteiger partial charge < -0.3 is 19.1 Å². The number of nitrogens with one attached hydrogen (secondary N) is 1. The molecule has 0 bridgehead atoms. The molecule has 0 spiro atoms. The topological polar surface area (TPSA) is 108 Å². The summed E-state index contributed by atoms with van der Waals surface area (Å²) in [6, 6.07) is 5.68. The van der Waals surface area contributed by atoms with E-state index in [9.17, 15) is 10.1 Å². The second-order valence-electron chi connectivity index (χ2n) is 5.99. The summed E-state index contributed by atoms with van der Waals surface area (Å²) in [6.07, 6.45) is 2.35. The number of hydrogen-bond donors (Lipinski definition) is 1. The van der Waals surface area contributed by atoms with Crippen molar-refractivity contribution in [1.29, 1.82) is 5.26 Å². The molecule has 1 amide bonds. The number of furan rings is 1. The van der Waals surface area contributed by atoms with Gasteiger partial charge in [0.15, 0.2) is 5.76 Å². The number of fused-ring (bicyclic) bond motifs is 1. The van der Waals surface area contributed by atoms with Crippen LogP contribution in [0.3, 0.4) is 0 Å². The lowest BCUT2D eigenvalue weighted by Crippen LogP contribution is -2.25. The van der Waals surface area contributed by atoms with Gasteiger partial charge in [-0.2, -0.15) is 5.26 Å². The molecule has 10 heteroatoms. The third-order valence-corrected chi connectivity index (χ3v) is 6.03. The highest BCUT2D eigenvalue weighted by molar-refractivity contribution is 7.99. The second kappa shape index (κ2) is 7.56. The van der Waals surface area contributed by atoms with Crippen molar-refractivity contribution < 1.29 is 13.6 Å². The lowest BCUT2D eigenvalue weighted by Gasteiger charge is -2.21. The van der Waals surface area contributed by atoms with Gasteiger partial charge in [0.25, 0.3) is 11.1 Å². The van der Waals surface area contributed by atoms with E-state index in [1.807, 2.05) is 7.05 Å². The van der Waals surface area contributed by atoms with Crippen LogP contribution in [-0.4, -0.2) is 40.3 Å². The molecule has 138 valence electrons. The first-order chi connectivity index (χ1) is 13.1. The quantitative estimate of drug-likeness (QED) is 0.650. The van der Waals surface area contributed by atoms with Gasteiger partial charge in [-0.05, 0) is 31.2 Å². The first-order valence-electron chi connectivity index (χ1n) is 8.17. The SMILES string of the molecule is CN1CCc2c(sc(NC(=O)CSc3nnc(-c4ccco4)o3)c2C#N)C1. The minimum Gasteiger partial charge on any atom is -0.459 e. The molecular weight excluding hydrogens is 386 g/mol. The monoisotopic (exact) mass is 401 g/mol. The number of rotatable bonds is 5. The average molecular weight is 401 g/mol. The number of anilines is 1. The van der Waals surface area contributed by atoms with Crippen LogP contribution in [0.1, 0.15) is 16.0 Å². The molecule has 1 aliphatic rings. The number of thioether (sulfide) groups is 1. The van der Waals surface area contributed by atoms with Crippen LogP contribution in [0.25, 0.3) is 11.7 Å². The minimum absolute atomic E-state index is 0.104. The summed E-state index contributed by atoms with van der Waals surface area (Å²) in [7, 11) is 2.05. The number of likely N-dealkylation sites (N-methyl/N-ethyl adjacent to an activating group) is 1. The van der Waals surface area contributed by atoms with Crippen molar-refractivity contribution in [3.63, 3.8) is 0 Å². The molecule has 4 heterocycles. The number of carbonyl (C=O) groups is 1. The standard InChI is InChI=1S/C17H15N5O3S2/c1-22-5-4-10-11(7-18)16(27-13(10)8-22)19-14(23)9-26-17-21-20-15(25-17)12-3-2-6-24-12/h2-3,6H,4-5,8-9H2,1H3,(H,19,23). The molecule has 1 aliphatic heterocycles. The fourth-order valence-electron chi connectivity index (χ4n) is 2.80. The maximum absolute atomic E-state index is 12.3. The summed E-state index contributed by atoms with van der Waals surface area (Å²) < 4.78 is 10.7. The van der Waals surface area contributed by atoms with E-state index in [-0.39, 0.29) is 22.8 Å². The Balaban J connectivity index is 1.40. The van der Waals surface area contributed by atoms with E-state index in [0.29, 0.717) is 16.3 Å². The third kappa shape index (κ3) is 3.75. The molecule has 0 radical (unpaired) electrons. The summed E-state index contributed by atoms with van der Waals surface area (Å²) in [5.41, 5.74) is 1.64. The Bertz CT molecular complexity index is 1000. The number of hydrogen-bond acceptors (Lipinski definition) is 9. The second-order valence-corrected chi connectivity index (χ2v) is 8.03. The number of nitriles is 1. The fraction of sp³-hybridized carbons (Fsp3) is 0.294. The molecule has 4 rings (SSSR count). The molecule has 8 nitrogen and oxygen atoms in total. The molecule has 27 heavy (non-hydrogen) atoms. The maximum atomic E-state index is 12.3. The van der Waals surface area contributed by atoms with Crippen molar-refractivity contribution in [3.8, 4) is 17.7 Å². The molecule has 0 unspecified atom stereocenters. The van der Waals surface area contributed by atoms with Crippen LogP contribution in [0, 0.1) is 11.3 Å². The highest BCUT2D eigenvalue weighted by Gasteiger charge is 2.24. The Hall–Kier alpha value is -2.61.